The van der Waals surface area contributed by atoms with Gasteiger partial charge in [-0.1, -0.05) is 121 Å². The molecule has 0 fully saturated rings. The minimum absolute atomic E-state index is 0. The van der Waals surface area contributed by atoms with Gasteiger partial charge in [-0.25, -0.2) is 26.3 Å². The largest absolute Gasteiger partial charge is 0 e. The molecule has 0 spiro atoms. The normalized spacial score (nSPS) is 7.55. The van der Waals surface area contributed by atoms with Crippen LogP contribution in [0.15, 0.2) is 121 Å². The minimum Gasteiger partial charge on any atom is 0 e. The molecule has 0 N–H and O–H groups in total. The molecule has 0 heterocycles. The van der Waals surface area contributed by atoms with Crippen molar-refractivity contribution in [3.05, 3.63) is 196 Å². The van der Waals surface area contributed by atoms with Gasteiger partial charge >= 0.3 is 11.3 Å². The third-order valence-corrected chi connectivity index (χ3v) is 4.42. The Morgan fingerprint density at radius 1 is 0.375 bits per heavy atom. The van der Waals surface area contributed by atoms with Gasteiger partial charge < -0.3 is 19.4 Å². The summed E-state index contributed by atoms with van der Waals surface area (Å²) in [4.78, 5) is 13.0. The van der Waals surface area contributed by atoms with Crippen LogP contribution in [0.5, 0.6) is 0 Å². The Morgan fingerprint density at radius 3 is 0.650 bits per heavy atom. The molecule has 4 aromatic carbocycles. The maximum absolute atomic E-state index is 7.50. The molecule has 0 amide bonds. The van der Waals surface area contributed by atoms with Crippen molar-refractivity contribution in [2.24, 2.45) is 0 Å². The summed E-state index contributed by atoms with van der Waals surface area (Å²) in [5.41, 5.74) is 4.36. The molecule has 4 rings (SSSR count). The van der Waals surface area contributed by atoms with Crippen LogP contribution in [0.3, 0.4) is 0 Å². The van der Waals surface area contributed by atoms with Gasteiger partial charge in [-0.2, -0.15) is 0 Å². The molecule has 201 valence electrons. The third-order valence-electron chi connectivity index (χ3n) is 4.42. The Labute approximate surface area is 259 Å². The predicted octanol–water partition coefficient (Wildman–Crippen LogP) is 8.96. The molecule has 0 saturated heterocycles. The van der Waals surface area contributed by atoms with Gasteiger partial charge in [0, 0.05) is 39.3 Å². The summed E-state index contributed by atoms with van der Waals surface area (Å²) in [6.45, 7) is 32.8. The molecule has 0 aliphatic heterocycles. The van der Waals surface area contributed by atoms with Crippen molar-refractivity contribution in [1.82, 2.24) is 0 Å². The van der Waals surface area contributed by atoms with Gasteiger partial charge in [-0.3, -0.25) is 0 Å². The maximum atomic E-state index is 7.50. The van der Waals surface area contributed by atoms with Crippen molar-refractivity contribution in [3.8, 4) is 0 Å². The predicted molar refractivity (Wildman–Crippen MR) is 161 cm³/mol. The van der Waals surface area contributed by atoms with Gasteiger partial charge in [-0.15, -0.1) is 17.0 Å². The van der Waals surface area contributed by atoms with Crippen molar-refractivity contribution >= 4 is 17.0 Å². The van der Waals surface area contributed by atoms with Gasteiger partial charge in [0.1, 0.15) is 0 Å². The van der Waals surface area contributed by atoms with Crippen molar-refractivity contribution in [1.29, 1.82) is 0 Å². The first-order valence-corrected chi connectivity index (χ1v) is 11.4. The van der Waals surface area contributed by atoms with Crippen molar-refractivity contribution in [3.63, 3.8) is 0 Å². The summed E-state index contributed by atoms with van der Waals surface area (Å²) in [5, 5.41) is 0. The van der Waals surface area contributed by atoms with E-state index in [1.165, 1.54) is 0 Å². The maximum Gasteiger partial charge on any atom is 0 e. The second-order valence-electron chi connectivity index (χ2n) is 7.21. The number of rotatable bonds is 4. The second kappa shape index (κ2) is 30.8. The Balaban J connectivity index is -0.000000439. The van der Waals surface area contributed by atoms with Gasteiger partial charge in [0.15, 0.2) is 0 Å². The van der Waals surface area contributed by atoms with Crippen LogP contribution in [0.1, 0.15) is 22.3 Å². The smallest absolute Gasteiger partial charge is 0 e. The fourth-order valence-corrected chi connectivity index (χ4v) is 2.70. The fourth-order valence-electron chi connectivity index (χ4n) is 2.70. The number of nitrogens with zero attached hydrogens (tertiary/aromatic N) is 4. The molecule has 0 aliphatic rings. The van der Waals surface area contributed by atoms with Crippen LogP contribution in [-0.4, -0.2) is 0 Å². The Morgan fingerprint density at radius 2 is 0.525 bits per heavy atom. The van der Waals surface area contributed by atoms with Crippen LogP contribution >= 0.6 is 17.0 Å². The molecule has 4 aromatic rings. The van der Waals surface area contributed by atoms with E-state index < -0.39 is 0 Å². The van der Waals surface area contributed by atoms with Gasteiger partial charge in [-0.05, 0) is 0 Å². The van der Waals surface area contributed by atoms with Crippen molar-refractivity contribution in [2.45, 2.75) is 26.2 Å². The van der Waals surface area contributed by atoms with Crippen LogP contribution in [0.4, 0.5) is 0 Å². The molecular formula is C33H29BrMnN4O. The summed E-state index contributed by atoms with van der Waals surface area (Å²) in [5.74, 6) is 0. The van der Waals surface area contributed by atoms with E-state index >= 15 is 0 Å². The van der Waals surface area contributed by atoms with E-state index in [2.05, 4.69) is 26.0 Å². The van der Waals surface area contributed by atoms with Crippen LogP contribution < -0.4 is 0 Å². The fraction of sp³-hybridized carbons (Fsp3) is 0.121. The van der Waals surface area contributed by atoms with Crippen molar-refractivity contribution in [2.75, 3.05) is 0 Å². The summed E-state index contributed by atoms with van der Waals surface area (Å²) in [6.07, 6.45) is 0. The number of hydrogen-bond donors (Lipinski definition) is 0. The number of hydrogen-bond acceptors (Lipinski definition) is 0. The molecule has 0 aromatic heterocycles. The quantitative estimate of drug-likeness (QED) is 0.122. The number of benzene rings is 4. The molecule has 7 heteroatoms. The van der Waals surface area contributed by atoms with Crippen molar-refractivity contribution < 1.29 is 21.7 Å². The molecular weight excluding hydrogens is 603 g/mol. The zero-order valence-corrected chi connectivity index (χ0v) is 24.8. The summed E-state index contributed by atoms with van der Waals surface area (Å²) >= 11 is 0. The minimum atomic E-state index is 0. The van der Waals surface area contributed by atoms with Gasteiger partial charge in [0.25, 0.3) is 0 Å². The Hall–Kier alpha value is -4.42. The molecule has 0 saturated carbocycles. The standard InChI is InChI=1S/4C8H7N.CO.BrH.Mn/c4*1-9-7-8-5-3-2-4-6-8;1-2;;/h4*2-6H,7H2;;1H;. The average Bonchev–Trinajstić information content (AvgIpc) is 2.98. The monoisotopic (exact) mass is 631 g/mol. The molecule has 5 nitrogen and oxygen atoms in total. The summed E-state index contributed by atoms with van der Waals surface area (Å²) in [6, 6.07) is 39.0. The third kappa shape index (κ3) is 22.8. The molecule has 0 bridgehead atoms. The zero-order valence-electron chi connectivity index (χ0n) is 21.9. The first-order valence-electron chi connectivity index (χ1n) is 11.4. The van der Waals surface area contributed by atoms with E-state index in [-0.39, 0.29) is 34.1 Å². The van der Waals surface area contributed by atoms with Crippen LogP contribution in [0, 0.1) is 32.9 Å². The molecule has 0 unspecified atom stereocenters. The topological polar surface area (TPSA) is 37.3 Å². The van der Waals surface area contributed by atoms with E-state index in [4.69, 9.17) is 30.9 Å². The summed E-state index contributed by atoms with van der Waals surface area (Å²) in [7, 11) is 0. The molecule has 1 radical (unpaired) electrons. The first kappa shape index (κ1) is 40.1. The van der Waals surface area contributed by atoms with E-state index in [1.807, 2.05) is 121 Å². The van der Waals surface area contributed by atoms with E-state index in [1.54, 1.807) is 0 Å². The second-order valence-corrected chi connectivity index (χ2v) is 7.21. The van der Waals surface area contributed by atoms with E-state index in [0.717, 1.165) is 22.3 Å². The van der Waals surface area contributed by atoms with Crippen LogP contribution in [0.2, 0.25) is 0 Å². The number of halogens is 1. The van der Waals surface area contributed by atoms with Crippen LogP contribution in [0.25, 0.3) is 19.4 Å². The molecule has 0 aliphatic carbocycles. The molecule has 40 heavy (non-hydrogen) atoms. The Kier molecular flexibility index (Phi) is 30.9. The van der Waals surface area contributed by atoms with E-state index in [0.29, 0.717) is 26.2 Å². The summed E-state index contributed by atoms with van der Waals surface area (Å²) < 4.78 is 7.50. The molecule has 0 atom stereocenters. The zero-order chi connectivity index (χ0) is 28.1. The van der Waals surface area contributed by atoms with Gasteiger partial charge in [0.05, 0.1) is 0 Å². The SMILES string of the molecule is Br.[C-]#[N+]Cc1ccccc1.[C-]#[N+]Cc1ccccc1.[C-]#[N+]Cc1ccccc1.[C-]#[N+]Cc1ccccc1.[C-]#[O+].[Mn]. The Bertz CT molecular complexity index is 1100. The van der Waals surface area contributed by atoms with Crippen LogP contribution in [-0.2, 0) is 47.9 Å². The van der Waals surface area contributed by atoms with Gasteiger partial charge in [0.2, 0.25) is 26.2 Å². The average molecular weight is 632 g/mol. The first-order chi connectivity index (χ1) is 18.7. The van der Waals surface area contributed by atoms with E-state index in [9.17, 15) is 0 Å².